The van der Waals surface area contributed by atoms with E-state index in [1.54, 1.807) is 6.07 Å². The topological polar surface area (TPSA) is 151 Å². The summed E-state index contributed by atoms with van der Waals surface area (Å²) < 4.78 is 99.5. The highest BCUT2D eigenvalue weighted by atomic mass is 32.2. The van der Waals surface area contributed by atoms with Crippen LogP contribution < -0.4 is 9.46 Å². The SMILES string of the molecule is CS(=O)(=O)N1CCN(C(CNS(=O)(=O)c2ccc(OCc3c(C(F)(F)F)nn4ccccc34)cc2)C(=O)O)CC1. The van der Waals surface area contributed by atoms with Gasteiger partial charge >= 0.3 is 12.1 Å². The number of rotatable bonds is 10. The molecule has 0 aliphatic carbocycles. The maximum absolute atomic E-state index is 13.5. The molecule has 17 heteroatoms. The molecule has 0 bridgehead atoms. The number of alkyl halides is 3. The highest BCUT2D eigenvalue weighted by Gasteiger charge is 2.38. The number of nitrogens with zero attached hydrogens (tertiary/aromatic N) is 4. The molecule has 1 saturated heterocycles. The standard InChI is InChI=1S/C23H26F3N5O7S2/c1-39(34,35)30-12-10-29(11-13-30)20(22(32)33)14-27-40(36,37)17-7-5-16(6-8-17)38-15-18-19-4-2-3-9-31(19)28-21(18)23(24,25)26/h2-9,20,27H,10-15H2,1H3,(H,32,33). The Bertz CT molecular complexity index is 1580. The van der Waals surface area contributed by atoms with Crippen molar-refractivity contribution in [3.05, 3.63) is 59.9 Å². The third-order valence-corrected chi connectivity index (χ3v) is 9.11. The van der Waals surface area contributed by atoms with Gasteiger partial charge < -0.3 is 9.84 Å². The van der Waals surface area contributed by atoms with E-state index in [1.807, 2.05) is 0 Å². The summed E-state index contributed by atoms with van der Waals surface area (Å²) in [5.74, 6) is -1.17. The summed E-state index contributed by atoms with van der Waals surface area (Å²) in [5.41, 5.74) is -1.06. The van der Waals surface area contributed by atoms with Crippen molar-refractivity contribution in [2.24, 2.45) is 0 Å². The Kier molecular flexibility index (Phi) is 8.41. The number of aromatic nitrogens is 2. The lowest BCUT2D eigenvalue weighted by molar-refractivity contribution is -0.143. The van der Waals surface area contributed by atoms with Crippen LogP contribution >= 0.6 is 0 Å². The quantitative estimate of drug-likeness (QED) is 0.348. The van der Waals surface area contributed by atoms with Crippen LogP contribution in [0.4, 0.5) is 13.2 Å². The Morgan fingerprint density at radius 2 is 1.73 bits per heavy atom. The number of carbonyl (C=O) groups is 1. The summed E-state index contributed by atoms with van der Waals surface area (Å²) in [6.07, 6.45) is -2.27. The van der Waals surface area contributed by atoms with Gasteiger partial charge in [0.05, 0.1) is 16.7 Å². The lowest BCUT2D eigenvalue weighted by Gasteiger charge is -2.36. The molecule has 40 heavy (non-hydrogen) atoms. The summed E-state index contributed by atoms with van der Waals surface area (Å²) in [5, 5.41) is 13.2. The Labute approximate surface area is 228 Å². The fraction of sp³-hybridized carbons (Fsp3) is 0.391. The van der Waals surface area contributed by atoms with Gasteiger partial charge in [0.1, 0.15) is 18.4 Å². The number of benzene rings is 1. The van der Waals surface area contributed by atoms with E-state index >= 15 is 0 Å². The highest BCUT2D eigenvalue weighted by Crippen LogP contribution is 2.33. The summed E-state index contributed by atoms with van der Waals surface area (Å²) in [6, 6.07) is 8.25. The first-order valence-electron chi connectivity index (χ1n) is 11.8. The molecule has 1 aliphatic heterocycles. The number of halogens is 3. The molecule has 2 N–H and O–H groups in total. The third-order valence-electron chi connectivity index (χ3n) is 6.36. The number of pyridine rings is 1. The molecular formula is C23H26F3N5O7S2. The number of aliphatic carboxylic acids is 1. The van der Waals surface area contributed by atoms with Crippen LogP contribution in [-0.4, -0.2) is 91.8 Å². The van der Waals surface area contributed by atoms with Gasteiger partial charge in [-0.2, -0.15) is 22.6 Å². The Morgan fingerprint density at radius 3 is 2.30 bits per heavy atom. The zero-order chi connectivity index (χ0) is 29.3. The van der Waals surface area contributed by atoms with Crippen molar-refractivity contribution < 1.29 is 44.6 Å². The average Bonchev–Trinajstić information content (AvgIpc) is 3.27. The summed E-state index contributed by atoms with van der Waals surface area (Å²) in [6.45, 7) is -0.558. The van der Waals surface area contributed by atoms with Gasteiger partial charge in [0, 0.05) is 44.5 Å². The lowest BCUT2D eigenvalue weighted by atomic mass is 10.2. The minimum atomic E-state index is -4.70. The second-order valence-corrected chi connectivity index (χ2v) is 12.8. The summed E-state index contributed by atoms with van der Waals surface area (Å²) in [7, 11) is -7.58. The second-order valence-electron chi connectivity index (χ2n) is 9.02. The van der Waals surface area contributed by atoms with Crippen LogP contribution in [0.2, 0.25) is 0 Å². The van der Waals surface area contributed by atoms with Gasteiger partial charge in [-0.25, -0.2) is 26.1 Å². The van der Waals surface area contributed by atoms with Crippen LogP contribution in [0.1, 0.15) is 11.3 Å². The number of hydrogen-bond donors (Lipinski definition) is 2. The molecule has 1 unspecified atom stereocenters. The first kappa shape index (κ1) is 29.7. The van der Waals surface area contributed by atoms with Gasteiger partial charge in [-0.3, -0.25) is 9.69 Å². The average molecular weight is 606 g/mol. The lowest BCUT2D eigenvalue weighted by Crippen LogP contribution is -2.56. The smallest absolute Gasteiger partial charge is 0.435 e. The molecule has 218 valence electrons. The third kappa shape index (κ3) is 6.72. The Hall–Kier alpha value is -3.25. The molecule has 3 aromatic rings. The number of nitrogens with one attached hydrogen (secondary N) is 1. The molecule has 12 nitrogen and oxygen atoms in total. The predicted octanol–water partition coefficient (Wildman–Crippen LogP) is 1.24. The van der Waals surface area contributed by atoms with E-state index in [2.05, 4.69) is 9.82 Å². The van der Waals surface area contributed by atoms with E-state index in [-0.39, 0.29) is 47.9 Å². The van der Waals surface area contributed by atoms with Gasteiger partial charge in [-0.1, -0.05) is 6.07 Å². The van der Waals surface area contributed by atoms with Crippen molar-refractivity contribution in [2.75, 3.05) is 39.0 Å². The number of sulfonamides is 2. The molecule has 1 atom stereocenters. The number of ether oxygens (including phenoxy) is 1. The molecule has 4 rings (SSSR count). The Balaban J connectivity index is 1.40. The van der Waals surface area contributed by atoms with E-state index in [9.17, 15) is 39.9 Å². The molecule has 1 aliphatic rings. The van der Waals surface area contributed by atoms with Crippen molar-refractivity contribution in [1.82, 2.24) is 23.5 Å². The minimum absolute atomic E-state index is 0.0799. The van der Waals surface area contributed by atoms with Crippen LogP contribution in [0.25, 0.3) is 5.52 Å². The van der Waals surface area contributed by atoms with Crippen LogP contribution in [0.15, 0.2) is 53.6 Å². The first-order chi connectivity index (χ1) is 18.7. The summed E-state index contributed by atoms with van der Waals surface area (Å²) in [4.78, 5) is 13.1. The second kappa shape index (κ2) is 11.3. The van der Waals surface area contributed by atoms with Crippen molar-refractivity contribution in [2.45, 2.75) is 23.7 Å². The monoisotopic (exact) mass is 605 g/mol. The molecular weight excluding hydrogens is 579 g/mol. The molecule has 1 fully saturated rings. The fourth-order valence-corrected chi connectivity index (χ4v) is 6.15. The van der Waals surface area contributed by atoms with E-state index in [1.165, 1.54) is 51.8 Å². The number of piperazine rings is 1. The minimum Gasteiger partial charge on any atom is -0.489 e. The largest absolute Gasteiger partial charge is 0.489 e. The molecule has 0 saturated carbocycles. The van der Waals surface area contributed by atoms with Crippen molar-refractivity contribution in [3.8, 4) is 5.75 Å². The number of carboxylic acids is 1. The van der Waals surface area contributed by atoms with Gasteiger partial charge in [0.15, 0.2) is 5.69 Å². The van der Waals surface area contributed by atoms with Crippen LogP contribution in [0.3, 0.4) is 0 Å². The molecule has 0 radical (unpaired) electrons. The number of fused-ring (bicyclic) bond motifs is 1. The molecule has 3 heterocycles. The highest BCUT2D eigenvalue weighted by molar-refractivity contribution is 7.89. The molecule has 0 amide bonds. The molecule has 1 aromatic carbocycles. The number of hydrogen-bond acceptors (Lipinski definition) is 8. The zero-order valence-electron chi connectivity index (χ0n) is 21.1. The van der Waals surface area contributed by atoms with Crippen molar-refractivity contribution in [1.29, 1.82) is 0 Å². The van der Waals surface area contributed by atoms with Gasteiger partial charge in [-0.05, 0) is 36.4 Å². The molecule has 0 spiro atoms. The van der Waals surface area contributed by atoms with Crippen molar-refractivity contribution >= 4 is 31.5 Å². The van der Waals surface area contributed by atoms with E-state index in [0.29, 0.717) is 0 Å². The van der Waals surface area contributed by atoms with Crippen molar-refractivity contribution in [3.63, 3.8) is 0 Å². The van der Waals surface area contributed by atoms with E-state index in [4.69, 9.17) is 4.74 Å². The fourth-order valence-electron chi connectivity index (χ4n) is 4.28. The summed E-state index contributed by atoms with van der Waals surface area (Å²) >= 11 is 0. The normalized spacial score (nSPS) is 16.7. The maximum atomic E-state index is 13.5. The first-order valence-corrected chi connectivity index (χ1v) is 15.2. The van der Waals surface area contributed by atoms with Crippen LogP contribution in [-0.2, 0) is 37.6 Å². The number of carboxylic acid groups (broad SMARTS) is 1. The zero-order valence-corrected chi connectivity index (χ0v) is 22.7. The van der Waals surface area contributed by atoms with Gasteiger partial charge in [0.2, 0.25) is 20.0 Å². The van der Waals surface area contributed by atoms with Crippen LogP contribution in [0.5, 0.6) is 5.75 Å². The molecule has 2 aromatic heterocycles. The van der Waals surface area contributed by atoms with Gasteiger partial charge in [-0.15, -0.1) is 0 Å². The maximum Gasteiger partial charge on any atom is 0.435 e. The van der Waals surface area contributed by atoms with E-state index in [0.717, 1.165) is 10.8 Å². The van der Waals surface area contributed by atoms with Crippen LogP contribution in [0, 0.1) is 0 Å². The predicted molar refractivity (Wildman–Crippen MR) is 136 cm³/mol. The Morgan fingerprint density at radius 1 is 1.07 bits per heavy atom. The van der Waals surface area contributed by atoms with E-state index < -0.39 is 57.1 Å². The van der Waals surface area contributed by atoms with Gasteiger partial charge in [0.25, 0.3) is 0 Å².